The van der Waals surface area contributed by atoms with Gasteiger partial charge < -0.3 is 4.74 Å². The fraction of sp³-hybridized carbons (Fsp3) is 0.186. The van der Waals surface area contributed by atoms with Crippen LogP contribution >= 0.6 is 0 Å². The van der Waals surface area contributed by atoms with E-state index in [-0.39, 0.29) is 17.5 Å². The Morgan fingerprint density at radius 2 is 1.21 bits per heavy atom. The van der Waals surface area contributed by atoms with Gasteiger partial charge in [-0.3, -0.25) is 4.90 Å². The molecule has 0 radical (unpaired) electrons. The summed E-state index contributed by atoms with van der Waals surface area (Å²) in [6.07, 6.45) is 1.11. The van der Waals surface area contributed by atoms with Gasteiger partial charge in [0, 0.05) is 28.6 Å². The Bertz CT molecular complexity index is 2200. The summed E-state index contributed by atoms with van der Waals surface area (Å²) < 4.78 is 6.92. The normalized spacial score (nSPS) is 16.1. The lowest BCUT2D eigenvalue weighted by Crippen LogP contribution is -2.60. The number of hydrogen-bond donors (Lipinski definition) is 0. The van der Waals surface area contributed by atoms with E-state index in [1.807, 2.05) is 0 Å². The van der Waals surface area contributed by atoms with E-state index in [1.165, 1.54) is 44.3 Å². The Morgan fingerprint density at radius 1 is 0.617 bits per heavy atom. The van der Waals surface area contributed by atoms with Gasteiger partial charge in [-0.25, -0.2) is 4.98 Å². The molecule has 4 heteroatoms. The maximum Gasteiger partial charge on any atom is 0.258 e. The van der Waals surface area contributed by atoms with Gasteiger partial charge in [0.05, 0.1) is 0 Å². The molecular formula is C43H37BN2O. The minimum absolute atomic E-state index is 0.000154. The number of aromatic nitrogens is 1. The van der Waals surface area contributed by atoms with Crippen molar-refractivity contribution in [2.24, 2.45) is 0 Å². The summed E-state index contributed by atoms with van der Waals surface area (Å²) in [4.78, 5) is 7.61. The average molecular weight is 609 g/mol. The number of benzene rings is 5. The predicted octanol–water partition coefficient (Wildman–Crippen LogP) is 9.09. The number of nitrogens with zero attached hydrogens (tertiary/aromatic N) is 2. The molecule has 0 fully saturated rings. The highest BCUT2D eigenvalue weighted by Gasteiger charge is 2.47. The molecular weight excluding hydrogens is 571 g/mol. The lowest BCUT2D eigenvalue weighted by atomic mass is 9.34. The molecule has 0 unspecified atom stereocenters. The van der Waals surface area contributed by atoms with E-state index in [1.54, 1.807) is 0 Å². The first-order valence-electron chi connectivity index (χ1n) is 16.7. The highest BCUT2D eigenvalue weighted by atomic mass is 16.5. The molecule has 0 saturated carbocycles. The number of ether oxygens (including phenoxy) is 1. The fourth-order valence-electron chi connectivity index (χ4n) is 8.69. The van der Waals surface area contributed by atoms with E-state index in [9.17, 15) is 0 Å². The minimum Gasteiger partial charge on any atom is -0.458 e. The van der Waals surface area contributed by atoms with Crippen molar-refractivity contribution in [3.05, 3.63) is 138 Å². The van der Waals surface area contributed by atoms with Crippen LogP contribution in [0.3, 0.4) is 0 Å². The van der Waals surface area contributed by atoms with Crippen LogP contribution in [0.4, 0.5) is 17.2 Å². The molecule has 3 heterocycles. The average Bonchev–Trinajstić information content (AvgIpc) is 3.26. The van der Waals surface area contributed by atoms with Crippen molar-refractivity contribution in [3.63, 3.8) is 0 Å². The minimum atomic E-state index is 0.000154. The summed E-state index contributed by atoms with van der Waals surface area (Å²) in [7, 11) is 0. The molecule has 9 rings (SSSR count). The third-order valence-corrected chi connectivity index (χ3v) is 10.6. The first kappa shape index (κ1) is 28.2. The Hall–Kier alpha value is -5.09. The highest BCUT2D eigenvalue weighted by molar-refractivity contribution is 6.99. The van der Waals surface area contributed by atoms with Gasteiger partial charge >= 0.3 is 0 Å². The van der Waals surface area contributed by atoms with Crippen LogP contribution in [0.15, 0.2) is 121 Å². The topological polar surface area (TPSA) is 25.4 Å². The zero-order valence-electron chi connectivity index (χ0n) is 27.6. The van der Waals surface area contributed by atoms with Crippen molar-refractivity contribution < 1.29 is 4.74 Å². The molecule has 0 saturated heterocycles. The molecule has 0 atom stereocenters. The van der Waals surface area contributed by atoms with Crippen LogP contribution in [-0.4, -0.2) is 11.7 Å². The summed E-state index contributed by atoms with van der Waals surface area (Å²) in [5.41, 5.74) is 14.7. The van der Waals surface area contributed by atoms with Crippen molar-refractivity contribution >= 4 is 40.3 Å². The van der Waals surface area contributed by atoms with Crippen LogP contribution in [-0.2, 0) is 10.8 Å². The van der Waals surface area contributed by atoms with E-state index < -0.39 is 0 Å². The van der Waals surface area contributed by atoms with E-state index in [4.69, 9.17) is 9.72 Å². The van der Waals surface area contributed by atoms with Gasteiger partial charge in [-0.2, -0.15) is 0 Å². The summed E-state index contributed by atoms with van der Waals surface area (Å²) in [6, 6.07) is 44.1. The first-order valence-corrected chi connectivity index (χ1v) is 16.7. The zero-order chi connectivity index (χ0) is 32.1. The predicted molar refractivity (Wildman–Crippen MR) is 196 cm³/mol. The van der Waals surface area contributed by atoms with E-state index in [0.29, 0.717) is 0 Å². The fourth-order valence-corrected chi connectivity index (χ4v) is 8.69. The van der Waals surface area contributed by atoms with Crippen molar-refractivity contribution in [1.82, 2.24) is 4.98 Å². The summed E-state index contributed by atoms with van der Waals surface area (Å²) in [6.45, 7) is 11.6. The molecule has 0 N–H and O–H groups in total. The molecule has 5 aromatic carbocycles. The number of hydrogen-bond acceptors (Lipinski definition) is 3. The number of aryl methyl sites for hydroxylation is 1. The quantitative estimate of drug-likeness (QED) is 0.187. The SMILES string of the molecule is Cc1cc2c3c(n1)N(c1ccc(-c4ccccc4)cc1)c1ccc(-c4ccccc4)cc1B3c1cc3c(cc1O2)C(C)(C)CC3(C)C. The third kappa shape index (κ3) is 4.31. The van der Waals surface area contributed by atoms with Gasteiger partial charge in [-0.05, 0) is 92.7 Å². The maximum absolute atomic E-state index is 6.92. The second-order valence-electron chi connectivity index (χ2n) is 14.8. The van der Waals surface area contributed by atoms with E-state index >= 15 is 0 Å². The zero-order valence-corrected chi connectivity index (χ0v) is 27.6. The smallest absolute Gasteiger partial charge is 0.258 e. The van der Waals surface area contributed by atoms with Gasteiger partial charge in [0.25, 0.3) is 6.71 Å². The van der Waals surface area contributed by atoms with Crippen molar-refractivity contribution in [1.29, 1.82) is 0 Å². The van der Waals surface area contributed by atoms with Gasteiger partial charge in [0.1, 0.15) is 17.3 Å². The van der Waals surface area contributed by atoms with Crippen LogP contribution < -0.4 is 26.0 Å². The first-order chi connectivity index (χ1) is 22.7. The molecule has 3 nitrogen and oxygen atoms in total. The van der Waals surface area contributed by atoms with Gasteiger partial charge in [-0.15, -0.1) is 0 Å². The number of fused-ring (bicyclic) bond motifs is 5. The van der Waals surface area contributed by atoms with Gasteiger partial charge in [0.2, 0.25) is 0 Å². The molecule has 228 valence electrons. The van der Waals surface area contributed by atoms with Crippen molar-refractivity contribution in [2.75, 3.05) is 4.90 Å². The number of anilines is 3. The summed E-state index contributed by atoms with van der Waals surface area (Å²) in [5.74, 6) is 2.82. The molecule has 0 spiro atoms. The van der Waals surface area contributed by atoms with Crippen LogP contribution in [0, 0.1) is 6.92 Å². The van der Waals surface area contributed by atoms with Crippen LogP contribution in [0.2, 0.25) is 0 Å². The monoisotopic (exact) mass is 608 g/mol. The Labute approximate surface area is 278 Å². The lowest BCUT2D eigenvalue weighted by molar-refractivity contribution is 0.402. The standard InChI is InChI=1S/C43H37BN2O/c1-27-22-39-40-41(45-27)46(32-19-16-30(17-20-32)28-12-8-6-9-13-28)37-21-18-31(29-14-10-7-11-15-29)23-35(37)44(40)36-24-33-34(25-38(36)47-39)43(4,5)26-42(33,2)3/h6-25H,26H2,1-5H3. The van der Waals surface area contributed by atoms with E-state index in [2.05, 4.69) is 161 Å². The van der Waals surface area contributed by atoms with Crippen molar-refractivity contribution in [3.8, 4) is 33.8 Å². The molecule has 0 bridgehead atoms. The molecule has 1 aromatic heterocycles. The molecule has 6 aromatic rings. The Kier molecular flexibility index (Phi) is 5.97. The van der Waals surface area contributed by atoms with Crippen LogP contribution in [0.1, 0.15) is 50.9 Å². The number of pyridine rings is 1. The molecule has 3 aliphatic rings. The number of rotatable bonds is 3. The van der Waals surface area contributed by atoms with Crippen LogP contribution in [0.25, 0.3) is 22.3 Å². The maximum atomic E-state index is 6.92. The van der Waals surface area contributed by atoms with Crippen molar-refractivity contribution in [2.45, 2.75) is 51.9 Å². The summed E-state index contributed by atoms with van der Waals surface area (Å²) >= 11 is 0. The van der Waals surface area contributed by atoms with E-state index in [0.717, 1.165) is 46.3 Å². The molecule has 0 amide bonds. The van der Waals surface area contributed by atoms with Gasteiger partial charge in [0.15, 0.2) is 0 Å². The van der Waals surface area contributed by atoms with Crippen LogP contribution in [0.5, 0.6) is 11.5 Å². The molecule has 1 aliphatic carbocycles. The second kappa shape index (κ2) is 9.96. The lowest BCUT2D eigenvalue weighted by Gasteiger charge is -2.40. The molecule has 47 heavy (non-hydrogen) atoms. The second-order valence-corrected chi connectivity index (χ2v) is 14.8. The molecule has 2 aliphatic heterocycles. The Balaban J connectivity index is 1.29. The highest BCUT2D eigenvalue weighted by Crippen LogP contribution is 2.51. The van der Waals surface area contributed by atoms with Gasteiger partial charge in [-0.1, -0.05) is 119 Å². The largest absolute Gasteiger partial charge is 0.458 e. The third-order valence-electron chi connectivity index (χ3n) is 10.6. The summed E-state index contributed by atoms with van der Waals surface area (Å²) in [5, 5.41) is 0. The Morgan fingerprint density at radius 3 is 1.89 bits per heavy atom.